The van der Waals surface area contributed by atoms with E-state index in [1.54, 1.807) is 54.6 Å². The molecule has 1 amide bonds. The molecule has 25 heavy (non-hydrogen) atoms. The van der Waals surface area contributed by atoms with Crippen LogP contribution < -0.4 is 10.5 Å². The number of ether oxygens (including phenoxy) is 2. The Kier molecular flexibility index (Phi) is 5.91. The van der Waals surface area contributed by atoms with Gasteiger partial charge in [0, 0.05) is 0 Å². The Bertz CT molecular complexity index is 831. The molecule has 126 valence electrons. The SMILES string of the molecule is COC(=O)c1ccc(COc2ccc(/C=C(\C#N)C(N)=O)cc2)cc1. The van der Waals surface area contributed by atoms with Gasteiger partial charge in [0.2, 0.25) is 0 Å². The van der Waals surface area contributed by atoms with Crippen molar-refractivity contribution in [3.05, 3.63) is 70.8 Å². The molecule has 2 rings (SSSR count). The predicted octanol–water partition coefficient (Wildman–Crippen LogP) is 2.44. The Morgan fingerprint density at radius 1 is 1.12 bits per heavy atom. The average Bonchev–Trinajstić information content (AvgIpc) is 2.64. The zero-order valence-corrected chi connectivity index (χ0v) is 13.6. The molecule has 0 spiro atoms. The molecule has 0 saturated carbocycles. The van der Waals surface area contributed by atoms with Gasteiger partial charge in [0.25, 0.3) is 5.91 Å². The number of carbonyl (C=O) groups excluding carboxylic acids is 2. The molecule has 0 atom stereocenters. The quantitative estimate of drug-likeness (QED) is 0.496. The molecule has 0 bridgehead atoms. The first kappa shape index (κ1) is 17.8. The van der Waals surface area contributed by atoms with Crippen molar-refractivity contribution in [3.63, 3.8) is 0 Å². The fourth-order valence-electron chi connectivity index (χ4n) is 2.01. The summed E-state index contributed by atoms with van der Waals surface area (Å²) in [6.07, 6.45) is 1.41. The first-order valence-corrected chi connectivity index (χ1v) is 7.35. The second-order valence-corrected chi connectivity index (χ2v) is 5.08. The van der Waals surface area contributed by atoms with E-state index in [2.05, 4.69) is 4.74 Å². The van der Waals surface area contributed by atoms with E-state index in [1.165, 1.54) is 13.2 Å². The number of rotatable bonds is 6. The number of benzene rings is 2. The summed E-state index contributed by atoms with van der Waals surface area (Å²) in [6.45, 7) is 0.335. The van der Waals surface area contributed by atoms with Crippen LogP contribution in [-0.4, -0.2) is 19.0 Å². The monoisotopic (exact) mass is 336 g/mol. The van der Waals surface area contributed by atoms with Gasteiger partial charge in [-0.25, -0.2) is 4.79 Å². The van der Waals surface area contributed by atoms with Gasteiger partial charge < -0.3 is 15.2 Å². The number of esters is 1. The Balaban J connectivity index is 1.99. The van der Waals surface area contributed by atoms with Crippen LogP contribution in [0.15, 0.2) is 54.1 Å². The molecule has 0 heterocycles. The smallest absolute Gasteiger partial charge is 0.337 e. The molecule has 0 radical (unpaired) electrons. The fourth-order valence-corrected chi connectivity index (χ4v) is 2.01. The van der Waals surface area contributed by atoms with Crippen LogP contribution in [0.5, 0.6) is 5.75 Å². The van der Waals surface area contributed by atoms with Crippen LogP contribution in [0.3, 0.4) is 0 Å². The van der Waals surface area contributed by atoms with Gasteiger partial charge in [0.1, 0.15) is 24.0 Å². The van der Waals surface area contributed by atoms with Gasteiger partial charge >= 0.3 is 5.97 Å². The summed E-state index contributed by atoms with van der Waals surface area (Å²) in [5, 5.41) is 8.82. The topological polar surface area (TPSA) is 102 Å². The van der Waals surface area contributed by atoms with Crippen molar-refractivity contribution in [1.82, 2.24) is 0 Å². The Hall–Kier alpha value is -3.59. The summed E-state index contributed by atoms with van der Waals surface area (Å²) in [4.78, 5) is 22.4. The lowest BCUT2D eigenvalue weighted by Crippen LogP contribution is -2.12. The van der Waals surface area contributed by atoms with E-state index < -0.39 is 5.91 Å². The molecule has 2 N–H and O–H groups in total. The fraction of sp³-hybridized carbons (Fsp3) is 0.105. The summed E-state index contributed by atoms with van der Waals surface area (Å²) in [5.74, 6) is -0.520. The summed E-state index contributed by atoms with van der Waals surface area (Å²) >= 11 is 0. The summed E-state index contributed by atoms with van der Waals surface area (Å²) in [5.41, 5.74) is 7.03. The van der Waals surface area contributed by atoms with Crippen LogP contribution in [0.1, 0.15) is 21.5 Å². The van der Waals surface area contributed by atoms with E-state index in [4.69, 9.17) is 15.7 Å². The Labute approximate surface area is 145 Å². The van der Waals surface area contributed by atoms with Gasteiger partial charge in [-0.15, -0.1) is 0 Å². The van der Waals surface area contributed by atoms with E-state index >= 15 is 0 Å². The van der Waals surface area contributed by atoms with Gasteiger partial charge in [-0.1, -0.05) is 24.3 Å². The van der Waals surface area contributed by atoms with Gasteiger partial charge in [-0.3, -0.25) is 4.79 Å². The third-order valence-electron chi connectivity index (χ3n) is 3.36. The zero-order valence-electron chi connectivity index (χ0n) is 13.6. The molecule has 0 unspecified atom stereocenters. The van der Waals surface area contributed by atoms with Crippen molar-refractivity contribution in [2.24, 2.45) is 5.73 Å². The highest BCUT2D eigenvalue weighted by Gasteiger charge is 2.05. The van der Waals surface area contributed by atoms with E-state index in [9.17, 15) is 9.59 Å². The standard InChI is InChI=1S/C19H16N2O4/c1-24-19(23)15-6-2-14(3-7-15)12-25-17-8-4-13(5-9-17)10-16(11-20)18(21)22/h2-10H,12H2,1H3,(H2,21,22)/b16-10+. The minimum Gasteiger partial charge on any atom is -0.489 e. The van der Waals surface area contributed by atoms with Crippen molar-refractivity contribution in [2.45, 2.75) is 6.61 Å². The van der Waals surface area contributed by atoms with E-state index in [0.29, 0.717) is 23.5 Å². The van der Waals surface area contributed by atoms with Crippen molar-refractivity contribution in [3.8, 4) is 11.8 Å². The zero-order chi connectivity index (χ0) is 18.2. The van der Waals surface area contributed by atoms with Crippen LogP contribution in [0.25, 0.3) is 6.08 Å². The average molecular weight is 336 g/mol. The second kappa shape index (κ2) is 8.31. The molecule has 2 aromatic carbocycles. The maximum absolute atomic E-state index is 11.4. The van der Waals surface area contributed by atoms with E-state index in [-0.39, 0.29) is 11.5 Å². The molecule has 0 aliphatic heterocycles. The molecule has 0 saturated heterocycles. The number of nitrogens with two attached hydrogens (primary N) is 1. The van der Waals surface area contributed by atoms with Gasteiger partial charge in [0.05, 0.1) is 12.7 Å². The highest BCUT2D eigenvalue weighted by Crippen LogP contribution is 2.16. The number of amides is 1. The van der Waals surface area contributed by atoms with E-state index in [0.717, 1.165) is 5.56 Å². The molecular weight excluding hydrogens is 320 g/mol. The number of primary amides is 1. The number of hydrogen-bond acceptors (Lipinski definition) is 5. The molecule has 0 aliphatic carbocycles. The number of hydrogen-bond donors (Lipinski definition) is 1. The largest absolute Gasteiger partial charge is 0.489 e. The van der Waals surface area contributed by atoms with Crippen LogP contribution in [0, 0.1) is 11.3 Å². The summed E-state index contributed by atoms with van der Waals surface area (Å²) < 4.78 is 10.3. The highest BCUT2D eigenvalue weighted by atomic mass is 16.5. The second-order valence-electron chi connectivity index (χ2n) is 5.08. The van der Waals surface area contributed by atoms with Crippen molar-refractivity contribution in [2.75, 3.05) is 7.11 Å². The van der Waals surface area contributed by atoms with Crippen LogP contribution in [-0.2, 0) is 16.1 Å². The molecule has 0 fully saturated rings. The molecule has 6 nitrogen and oxygen atoms in total. The minimum atomic E-state index is -0.766. The van der Waals surface area contributed by atoms with Crippen molar-refractivity contribution in [1.29, 1.82) is 5.26 Å². The van der Waals surface area contributed by atoms with Crippen molar-refractivity contribution >= 4 is 18.0 Å². The number of methoxy groups -OCH3 is 1. The molecule has 0 aromatic heterocycles. The first-order valence-electron chi connectivity index (χ1n) is 7.35. The van der Waals surface area contributed by atoms with Gasteiger partial charge in [0.15, 0.2) is 0 Å². The Morgan fingerprint density at radius 3 is 2.28 bits per heavy atom. The summed E-state index contributed by atoms with van der Waals surface area (Å²) in [6, 6.07) is 15.6. The maximum Gasteiger partial charge on any atom is 0.337 e. The first-order chi connectivity index (χ1) is 12.0. The Morgan fingerprint density at radius 2 is 1.76 bits per heavy atom. The number of nitriles is 1. The molecule has 6 heteroatoms. The van der Waals surface area contributed by atoms with Crippen LogP contribution in [0.4, 0.5) is 0 Å². The van der Waals surface area contributed by atoms with Gasteiger partial charge in [-0.05, 0) is 41.5 Å². The molecule has 2 aromatic rings. The third-order valence-corrected chi connectivity index (χ3v) is 3.36. The van der Waals surface area contributed by atoms with Crippen LogP contribution >= 0.6 is 0 Å². The number of carbonyl (C=O) groups is 2. The number of nitrogens with zero attached hydrogens (tertiary/aromatic N) is 1. The lowest BCUT2D eigenvalue weighted by molar-refractivity contribution is -0.114. The third kappa shape index (κ3) is 4.94. The van der Waals surface area contributed by atoms with Crippen LogP contribution in [0.2, 0.25) is 0 Å². The van der Waals surface area contributed by atoms with Crippen molar-refractivity contribution < 1.29 is 19.1 Å². The van der Waals surface area contributed by atoms with E-state index in [1.807, 2.05) is 0 Å². The lowest BCUT2D eigenvalue weighted by atomic mass is 10.1. The maximum atomic E-state index is 11.4. The molecule has 0 aliphatic rings. The summed E-state index contributed by atoms with van der Waals surface area (Å²) in [7, 11) is 1.33. The molecular formula is C19H16N2O4. The highest BCUT2D eigenvalue weighted by molar-refractivity contribution is 6.00. The van der Waals surface area contributed by atoms with Gasteiger partial charge in [-0.2, -0.15) is 5.26 Å². The normalized spacial score (nSPS) is 10.6. The lowest BCUT2D eigenvalue weighted by Gasteiger charge is -2.07. The minimum absolute atomic E-state index is 0.112. The predicted molar refractivity (Wildman–Crippen MR) is 91.3 cm³/mol.